The normalized spacial score (nSPS) is 12.0. The van der Waals surface area contributed by atoms with Gasteiger partial charge in [-0.15, -0.1) is 22.7 Å². The molecule has 2 aromatic heterocycles. The fraction of sp³-hybridized carbons (Fsp3) is 0.433. The van der Waals surface area contributed by atoms with Crippen LogP contribution < -0.4 is 5.32 Å². The summed E-state index contributed by atoms with van der Waals surface area (Å²) in [4.78, 5) is 43.8. The molecule has 2 heterocycles. The van der Waals surface area contributed by atoms with Crippen LogP contribution in [0.25, 0.3) is 0 Å². The molecular weight excluding hydrogens is 546 g/mol. The first-order valence-electron chi connectivity index (χ1n) is 13.5. The first kappa shape index (κ1) is 31.2. The van der Waals surface area contributed by atoms with Crippen molar-refractivity contribution >= 4 is 40.8 Å². The second-order valence-corrected chi connectivity index (χ2v) is 12.6. The number of unbranched alkanes of at least 4 members (excludes halogenated alkanes) is 1. The van der Waals surface area contributed by atoms with Crippen LogP contribution in [-0.4, -0.2) is 57.7 Å². The lowest BCUT2D eigenvalue weighted by Gasteiger charge is -2.29. The topological polar surface area (TPSA) is 99.2 Å². The predicted octanol–water partition coefficient (Wildman–Crippen LogP) is 6.62. The highest BCUT2D eigenvalue weighted by Crippen LogP contribution is 2.18. The Morgan fingerprint density at radius 3 is 2.15 bits per heavy atom. The molecule has 40 heavy (non-hydrogen) atoms. The van der Waals surface area contributed by atoms with Crippen molar-refractivity contribution in [1.29, 1.82) is 0 Å². The molecule has 0 fully saturated rings. The van der Waals surface area contributed by atoms with Crippen LogP contribution in [0.15, 0.2) is 65.4 Å². The van der Waals surface area contributed by atoms with Crippen LogP contribution in [-0.2, 0) is 29.0 Å². The first-order valence-corrected chi connectivity index (χ1v) is 15.2. The number of ether oxygens (including phenoxy) is 1. The number of hydrogen-bond donors (Lipinski definition) is 2. The predicted molar refractivity (Wildman–Crippen MR) is 160 cm³/mol. The Kier molecular flexibility index (Phi) is 12.0. The quantitative estimate of drug-likeness (QED) is 0.207. The van der Waals surface area contributed by atoms with E-state index in [0.717, 1.165) is 16.9 Å². The second kappa shape index (κ2) is 15.4. The molecule has 8 nitrogen and oxygen atoms in total. The number of rotatable bonds is 14. The summed E-state index contributed by atoms with van der Waals surface area (Å²) in [7, 11) is 0. The maximum atomic E-state index is 13.9. The van der Waals surface area contributed by atoms with Crippen LogP contribution in [0.4, 0.5) is 9.59 Å². The van der Waals surface area contributed by atoms with Crippen molar-refractivity contribution in [2.24, 2.45) is 0 Å². The Morgan fingerprint density at radius 1 is 0.875 bits per heavy atom. The van der Waals surface area contributed by atoms with E-state index in [2.05, 4.69) is 11.4 Å². The summed E-state index contributed by atoms with van der Waals surface area (Å²) in [6.45, 7) is 6.94. The van der Waals surface area contributed by atoms with E-state index in [1.54, 1.807) is 48.3 Å². The number of carboxylic acid groups (broad SMARTS) is 1. The zero-order valence-corrected chi connectivity index (χ0v) is 25.0. The summed E-state index contributed by atoms with van der Waals surface area (Å²) in [5.74, 6) is -0.171. The Bertz CT molecular complexity index is 1180. The van der Waals surface area contributed by atoms with Crippen molar-refractivity contribution in [2.75, 3.05) is 13.1 Å². The van der Waals surface area contributed by atoms with Crippen molar-refractivity contribution < 1.29 is 24.2 Å². The van der Waals surface area contributed by atoms with Gasteiger partial charge in [0.05, 0.1) is 6.54 Å². The van der Waals surface area contributed by atoms with Gasteiger partial charge in [0.2, 0.25) is 5.91 Å². The van der Waals surface area contributed by atoms with Crippen LogP contribution >= 0.6 is 22.7 Å². The van der Waals surface area contributed by atoms with Crippen molar-refractivity contribution in [3.05, 3.63) is 80.7 Å². The van der Waals surface area contributed by atoms with Crippen molar-refractivity contribution in [2.45, 2.75) is 71.2 Å². The van der Waals surface area contributed by atoms with Crippen molar-refractivity contribution in [1.82, 2.24) is 15.1 Å². The zero-order valence-electron chi connectivity index (χ0n) is 23.4. The van der Waals surface area contributed by atoms with Crippen molar-refractivity contribution in [3.63, 3.8) is 0 Å². The van der Waals surface area contributed by atoms with Gasteiger partial charge in [-0.25, -0.2) is 9.59 Å². The molecule has 0 saturated heterocycles. The largest absolute Gasteiger partial charge is 0.465 e. The molecule has 0 aliphatic carbocycles. The summed E-state index contributed by atoms with van der Waals surface area (Å²) in [5, 5.41) is 16.5. The van der Waals surface area contributed by atoms with E-state index in [9.17, 15) is 19.5 Å². The standard InChI is InChI=1S/C30H39N3O5S2/c1-30(2,3)38-28(35)31-26(15-7-8-17-33(29(36)37)21-23-11-5-4-6-12-23)27(34)32(22-25-14-10-20-40-25)18-16-24-13-9-19-39-24/h4-6,9-14,19-20,26H,7-8,15-18,21-22H2,1-3H3,(H,31,35)(H,36,37)/t26-/m1/s1. The van der Waals surface area contributed by atoms with Crippen LogP contribution in [0.1, 0.15) is 55.4 Å². The van der Waals surface area contributed by atoms with Gasteiger partial charge in [0.15, 0.2) is 0 Å². The third-order valence-corrected chi connectivity index (χ3v) is 7.89. The minimum atomic E-state index is -0.987. The summed E-state index contributed by atoms with van der Waals surface area (Å²) >= 11 is 3.24. The van der Waals surface area contributed by atoms with Gasteiger partial charge in [0.25, 0.3) is 0 Å². The zero-order chi connectivity index (χ0) is 29.0. The van der Waals surface area contributed by atoms with Crippen LogP contribution in [0.2, 0.25) is 0 Å². The molecule has 3 rings (SSSR count). The molecule has 0 saturated carbocycles. The third-order valence-electron chi connectivity index (χ3n) is 6.09. The Hall–Kier alpha value is -3.37. The minimum Gasteiger partial charge on any atom is -0.465 e. The Labute approximate surface area is 244 Å². The molecule has 1 atom stereocenters. The fourth-order valence-electron chi connectivity index (χ4n) is 4.18. The lowest BCUT2D eigenvalue weighted by Crippen LogP contribution is -2.50. The average molecular weight is 586 g/mol. The monoisotopic (exact) mass is 585 g/mol. The molecule has 3 amide bonds. The smallest absolute Gasteiger partial charge is 0.408 e. The van der Waals surface area contributed by atoms with Gasteiger partial charge in [-0.05, 0) is 74.9 Å². The van der Waals surface area contributed by atoms with Gasteiger partial charge in [0.1, 0.15) is 11.6 Å². The molecule has 0 spiro atoms. The molecule has 216 valence electrons. The second-order valence-electron chi connectivity index (χ2n) is 10.6. The average Bonchev–Trinajstić information content (AvgIpc) is 3.61. The number of nitrogens with zero attached hydrogens (tertiary/aromatic N) is 2. The number of thiophene rings is 2. The molecule has 0 aliphatic heterocycles. The van der Waals surface area contributed by atoms with Gasteiger partial charge in [0, 0.05) is 29.4 Å². The highest BCUT2D eigenvalue weighted by atomic mass is 32.1. The molecule has 2 N–H and O–H groups in total. The first-order chi connectivity index (χ1) is 19.1. The molecule has 0 aliphatic rings. The van der Waals surface area contributed by atoms with Crippen LogP contribution in [0.3, 0.4) is 0 Å². The van der Waals surface area contributed by atoms with Crippen LogP contribution in [0, 0.1) is 0 Å². The number of alkyl carbamates (subject to hydrolysis) is 1. The minimum absolute atomic E-state index is 0.171. The number of benzene rings is 1. The number of carbonyl (C=O) groups excluding carboxylic acids is 2. The van der Waals surface area contributed by atoms with Crippen molar-refractivity contribution in [3.8, 4) is 0 Å². The van der Waals surface area contributed by atoms with Gasteiger partial charge in [-0.2, -0.15) is 0 Å². The summed E-state index contributed by atoms with van der Waals surface area (Å²) in [6, 6.07) is 16.7. The van der Waals surface area contributed by atoms with E-state index < -0.39 is 23.8 Å². The van der Waals surface area contributed by atoms with E-state index in [-0.39, 0.29) is 5.91 Å². The van der Waals surface area contributed by atoms with Gasteiger partial charge in [-0.1, -0.05) is 42.5 Å². The lowest BCUT2D eigenvalue weighted by atomic mass is 10.1. The Balaban J connectivity index is 1.67. The summed E-state index contributed by atoms with van der Waals surface area (Å²) < 4.78 is 5.46. The molecule has 0 unspecified atom stereocenters. The Morgan fingerprint density at radius 2 is 1.55 bits per heavy atom. The van der Waals surface area contributed by atoms with E-state index in [0.29, 0.717) is 45.4 Å². The van der Waals surface area contributed by atoms with Gasteiger partial charge in [-0.3, -0.25) is 4.79 Å². The molecule has 0 bridgehead atoms. The van der Waals surface area contributed by atoms with E-state index in [1.165, 1.54) is 9.78 Å². The molecule has 0 radical (unpaired) electrons. The van der Waals surface area contributed by atoms with E-state index >= 15 is 0 Å². The number of nitrogens with one attached hydrogen (secondary N) is 1. The molecular formula is C30H39N3O5S2. The number of carbonyl (C=O) groups is 3. The number of amides is 3. The molecule has 10 heteroatoms. The molecule has 3 aromatic rings. The van der Waals surface area contributed by atoms with Crippen LogP contribution in [0.5, 0.6) is 0 Å². The van der Waals surface area contributed by atoms with Gasteiger partial charge < -0.3 is 25.0 Å². The SMILES string of the molecule is CC(C)(C)OC(=O)N[C@H](CCCCN(Cc1ccccc1)C(=O)O)C(=O)N(CCc1cccs1)Cc1cccs1. The lowest BCUT2D eigenvalue weighted by molar-refractivity contribution is -0.134. The highest BCUT2D eigenvalue weighted by Gasteiger charge is 2.28. The van der Waals surface area contributed by atoms with E-state index in [4.69, 9.17) is 4.74 Å². The van der Waals surface area contributed by atoms with E-state index in [1.807, 2.05) is 59.3 Å². The highest BCUT2D eigenvalue weighted by molar-refractivity contribution is 7.10. The maximum absolute atomic E-state index is 13.9. The molecule has 1 aromatic carbocycles. The number of hydrogen-bond acceptors (Lipinski definition) is 6. The maximum Gasteiger partial charge on any atom is 0.408 e. The summed E-state index contributed by atoms with van der Waals surface area (Å²) in [5.41, 5.74) is 0.215. The van der Waals surface area contributed by atoms with Gasteiger partial charge >= 0.3 is 12.2 Å². The summed E-state index contributed by atoms with van der Waals surface area (Å²) in [6.07, 6.45) is 0.579. The third kappa shape index (κ3) is 11.0. The fourth-order valence-corrected chi connectivity index (χ4v) is 5.60.